The van der Waals surface area contributed by atoms with Crippen molar-refractivity contribution in [1.29, 1.82) is 0 Å². The Morgan fingerprint density at radius 1 is 1.57 bits per heavy atom. The topological polar surface area (TPSA) is 41.6 Å². The van der Waals surface area contributed by atoms with Gasteiger partial charge in [-0.2, -0.15) is 0 Å². The highest BCUT2D eigenvalue weighted by Crippen LogP contribution is 2.31. The SMILES string of the molecule is C=CCN1CC[C@@H]2OC[C@H](C(=O)NCCc3cccs3)C[C@@H]2C1. The predicted molar refractivity (Wildman–Crippen MR) is 93.6 cm³/mol. The zero-order valence-corrected chi connectivity index (χ0v) is 14.4. The Bertz CT molecular complexity index is 517. The largest absolute Gasteiger partial charge is 0.377 e. The molecule has 0 aliphatic carbocycles. The van der Waals surface area contributed by atoms with Crippen LogP contribution in [0.15, 0.2) is 30.2 Å². The Kier molecular flexibility index (Phi) is 5.86. The van der Waals surface area contributed by atoms with Gasteiger partial charge in [0, 0.05) is 31.1 Å². The van der Waals surface area contributed by atoms with Crippen molar-refractivity contribution in [3.8, 4) is 0 Å². The summed E-state index contributed by atoms with van der Waals surface area (Å²) in [6.45, 7) is 8.14. The molecule has 0 unspecified atom stereocenters. The molecule has 4 nitrogen and oxygen atoms in total. The van der Waals surface area contributed by atoms with Crippen LogP contribution < -0.4 is 5.32 Å². The molecule has 0 aromatic carbocycles. The summed E-state index contributed by atoms with van der Waals surface area (Å²) in [6.07, 6.45) is 5.23. The molecule has 1 aromatic rings. The van der Waals surface area contributed by atoms with E-state index in [1.807, 2.05) is 6.08 Å². The number of hydrogen-bond acceptors (Lipinski definition) is 4. The van der Waals surface area contributed by atoms with Crippen molar-refractivity contribution in [1.82, 2.24) is 10.2 Å². The zero-order valence-electron chi connectivity index (χ0n) is 13.6. The van der Waals surface area contributed by atoms with Gasteiger partial charge >= 0.3 is 0 Å². The maximum atomic E-state index is 12.4. The number of hydrogen-bond donors (Lipinski definition) is 1. The van der Waals surface area contributed by atoms with Crippen molar-refractivity contribution >= 4 is 17.2 Å². The van der Waals surface area contributed by atoms with Crippen molar-refractivity contribution in [2.45, 2.75) is 25.4 Å². The number of thiophene rings is 1. The van der Waals surface area contributed by atoms with Crippen molar-refractivity contribution in [3.05, 3.63) is 35.0 Å². The number of carbonyl (C=O) groups excluding carboxylic acids is 1. The summed E-state index contributed by atoms with van der Waals surface area (Å²) in [4.78, 5) is 16.1. The molecule has 1 amide bonds. The van der Waals surface area contributed by atoms with Crippen molar-refractivity contribution in [2.75, 3.05) is 32.8 Å². The molecule has 0 radical (unpaired) electrons. The highest BCUT2D eigenvalue weighted by Gasteiger charge is 2.37. The third-order valence-electron chi connectivity index (χ3n) is 4.86. The first-order valence-corrected chi connectivity index (χ1v) is 9.39. The van der Waals surface area contributed by atoms with Gasteiger partial charge in [0.1, 0.15) is 0 Å². The fourth-order valence-corrected chi connectivity index (χ4v) is 4.35. The minimum Gasteiger partial charge on any atom is -0.377 e. The van der Waals surface area contributed by atoms with Crippen LogP contribution in [0, 0.1) is 11.8 Å². The first-order chi connectivity index (χ1) is 11.3. The first-order valence-electron chi connectivity index (χ1n) is 8.51. The molecule has 1 aromatic heterocycles. The van der Waals surface area contributed by atoms with E-state index < -0.39 is 0 Å². The molecule has 2 aliphatic heterocycles. The smallest absolute Gasteiger partial charge is 0.225 e. The number of nitrogens with one attached hydrogen (secondary N) is 1. The molecule has 0 bridgehead atoms. The molecule has 3 atom stereocenters. The van der Waals surface area contributed by atoms with E-state index in [2.05, 4.69) is 34.3 Å². The summed E-state index contributed by atoms with van der Waals surface area (Å²) in [5, 5.41) is 5.15. The molecular formula is C18H26N2O2S. The Labute approximate surface area is 142 Å². The van der Waals surface area contributed by atoms with E-state index in [0.717, 1.165) is 38.9 Å². The fraction of sp³-hybridized carbons (Fsp3) is 0.611. The van der Waals surface area contributed by atoms with Gasteiger partial charge in [-0.25, -0.2) is 0 Å². The normalized spacial score (nSPS) is 28.1. The van der Waals surface area contributed by atoms with Crippen LogP contribution in [-0.2, 0) is 16.0 Å². The standard InChI is InChI=1S/C18H26N2O2S/c1-2-8-20-9-6-17-14(12-20)11-15(13-22-17)18(21)19-7-5-16-4-3-10-23-16/h2-4,10,14-15,17H,1,5-9,11-13H2,(H,19,21)/t14-,15-,17+/m1/s1. The maximum absolute atomic E-state index is 12.4. The zero-order chi connectivity index (χ0) is 16.1. The van der Waals surface area contributed by atoms with Crippen LogP contribution in [0.25, 0.3) is 0 Å². The second kappa shape index (κ2) is 8.08. The second-order valence-electron chi connectivity index (χ2n) is 6.52. The van der Waals surface area contributed by atoms with Gasteiger partial charge in [-0.3, -0.25) is 9.69 Å². The molecule has 23 heavy (non-hydrogen) atoms. The van der Waals surface area contributed by atoms with Gasteiger partial charge in [0.05, 0.1) is 18.6 Å². The van der Waals surface area contributed by atoms with Crippen LogP contribution in [0.5, 0.6) is 0 Å². The van der Waals surface area contributed by atoms with E-state index in [-0.39, 0.29) is 11.8 Å². The Hall–Kier alpha value is -1.17. The molecular weight excluding hydrogens is 308 g/mol. The summed E-state index contributed by atoms with van der Waals surface area (Å²) in [5.74, 6) is 0.634. The Balaban J connectivity index is 1.45. The number of piperidine rings is 1. The molecule has 2 aliphatic rings. The highest BCUT2D eigenvalue weighted by molar-refractivity contribution is 7.09. The first kappa shape index (κ1) is 16.7. The molecule has 0 spiro atoms. The summed E-state index contributed by atoms with van der Waals surface area (Å²) in [5.41, 5.74) is 0. The van der Waals surface area contributed by atoms with Crippen LogP contribution in [0.1, 0.15) is 17.7 Å². The van der Waals surface area contributed by atoms with Crippen molar-refractivity contribution in [2.24, 2.45) is 11.8 Å². The van der Waals surface area contributed by atoms with Gasteiger partial charge in [-0.1, -0.05) is 12.1 Å². The average Bonchev–Trinajstić information content (AvgIpc) is 3.08. The van der Waals surface area contributed by atoms with Gasteiger partial charge in [-0.15, -0.1) is 17.9 Å². The number of nitrogens with zero attached hydrogens (tertiary/aromatic N) is 1. The van der Waals surface area contributed by atoms with E-state index in [1.165, 1.54) is 4.88 Å². The number of ether oxygens (including phenoxy) is 1. The minimum absolute atomic E-state index is 0.00302. The fourth-order valence-electron chi connectivity index (χ4n) is 3.64. The number of rotatable bonds is 6. The second-order valence-corrected chi connectivity index (χ2v) is 7.55. The lowest BCUT2D eigenvalue weighted by Crippen LogP contribution is -2.50. The number of amides is 1. The molecule has 3 rings (SSSR count). The van der Waals surface area contributed by atoms with E-state index in [0.29, 0.717) is 25.2 Å². The maximum Gasteiger partial charge on any atom is 0.225 e. The summed E-state index contributed by atoms with van der Waals surface area (Å²) in [6, 6.07) is 4.16. The van der Waals surface area contributed by atoms with Crippen LogP contribution in [0.3, 0.4) is 0 Å². The quantitative estimate of drug-likeness (QED) is 0.812. The van der Waals surface area contributed by atoms with E-state index in [9.17, 15) is 4.79 Å². The van der Waals surface area contributed by atoms with Crippen LogP contribution in [-0.4, -0.2) is 49.7 Å². The molecule has 0 saturated carbocycles. The lowest BCUT2D eigenvalue weighted by Gasteiger charge is -2.42. The van der Waals surface area contributed by atoms with Gasteiger partial charge in [-0.05, 0) is 36.6 Å². The van der Waals surface area contributed by atoms with Gasteiger partial charge in [0.25, 0.3) is 0 Å². The average molecular weight is 334 g/mol. The van der Waals surface area contributed by atoms with Crippen LogP contribution >= 0.6 is 11.3 Å². The van der Waals surface area contributed by atoms with Gasteiger partial charge < -0.3 is 10.1 Å². The lowest BCUT2D eigenvalue weighted by atomic mass is 9.83. The highest BCUT2D eigenvalue weighted by atomic mass is 32.1. The van der Waals surface area contributed by atoms with Gasteiger partial charge in [0.15, 0.2) is 0 Å². The van der Waals surface area contributed by atoms with Gasteiger partial charge in [0.2, 0.25) is 5.91 Å². The monoisotopic (exact) mass is 334 g/mol. The van der Waals surface area contributed by atoms with Crippen LogP contribution in [0.2, 0.25) is 0 Å². The van der Waals surface area contributed by atoms with E-state index in [4.69, 9.17) is 4.74 Å². The van der Waals surface area contributed by atoms with Crippen molar-refractivity contribution < 1.29 is 9.53 Å². The lowest BCUT2D eigenvalue weighted by molar-refractivity contribution is -0.138. The number of fused-ring (bicyclic) bond motifs is 1. The third-order valence-corrected chi connectivity index (χ3v) is 5.79. The number of carbonyl (C=O) groups is 1. The summed E-state index contributed by atoms with van der Waals surface area (Å²) in [7, 11) is 0. The molecule has 126 valence electrons. The molecule has 2 fully saturated rings. The summed E-state index contributed by atoms with van der Waals surface area (Å²) >= 11 is 1.74. The van der Waals surface area contributed by atoms with Crippen molar-refractivity contribution in [3.63, 3.8) is 0 Å². The Morgan fingerprint density at radius 2 is 2.48 bits per heavy atom. The van der Waals surface area contributed by atoms with E-state index in [1.54, 1.807) is 11.3 Å². The third kappa shape index (κ3) is 4.43. The molecule has 5 heteroatoms. The van der Waals surface area contributed by atoms with Crippen LogP contribution in [0.4, 0.5) is 0 Å². The minimum atomic E-state index is 0.00302. The summed E-state index contributed by atoms with van der Waals surface area (Å²) < 4.78 is 5.98. The molecule has 3 heterocycles. The molecule has 2 saturated heterocycles. The number of likely N-dealkylation sites (tertiary alicyclic amines) is 1. The molecule has 1 N–H and O–H groups in total. The van der Waals surface area contributed by atoms with E-state index >= 15 is 0 Å². The Morgan fingerprint density at radius 3 is 3.26 bits per heavy atom. The predicted octanol–water partition coefficient (Wildman–Crippen LogP) is 2.32.